The average molecular weight is 284 g/mol. The number of fused-ring (bicyclic) bond motifs is 1. The number of thioether (sulfide) groups is 1. The highest BCUT2D eigenvalue weighted by molar-refractivity contribution is 7.99. The number of nitrogens with one attached hydrogen (secondary N) is 1. The molecule has 2 aromatic carbocycles. The molecule has 102 valence electrons. The molecule has 1 heterocycles. The predicted octanol–water partition coefficient (Wildman–Crippen LogP) is 3.93. The lowest BCUT2D eigenvalue weighted by molar-refractivity contribution is 0.0700. The molecular weight excluding hydrogens is 268 g/mol. The molecule has 0 aromatic heterocycles. The Bertz CT molecular complexity index is 598. The van der Waals surface area contributed by atoms with E-state index in [0.29, 0.717) is 6.61 Å². The number of hydroxylamine groups is 1. The summed E-state index contributed by atoms with van der Waals surface area (Å²) in [4.78, 5) is 11.4. The van der Waals surface area contributed by atoms with Crippen LogP contribution in [0.25, 0.3) is 0 Å². The molecule has 20 heavy (non-hydrogen) atoms. The summed E-state index contributed by atoms with van der Waals surface area (Å²) in [5.74, 6) is 1.90. The highest BCUT2D eigenvalue weighted by Crippen LogP contribution is 2.32. The standard InChI is InChI=1S/C16H16N2OS/c1-2-6-13(7-3-1)12-19-18-16-10-11-20-15-9-5-4-8-14(15)17-16/h1-9H,10-12H2,(H,17,18). The van der Waals surface area contributed by atoms with Crippen molar-refractivity contribution in [2.75, 3.05) is 5.75 Å². The summed E-state index contributed by atoms with van der Waals surface area (Å²) in [5, 5.41) is 0. The maximum Gasteiger partial charge on any atom is 0.127 e. The predicted molar refractivity (Wildman–Crippen MR) is 83.2 cm³/mol. The van der Waals surface area contributed by atoms with E-state index in [9.17, 15) is 0 Å². The number of rotatable bonds is 3. The first-order valence-corrected chi connectivity index (χ1v) is 7.61. The van der Waals surface area contributed by atoms with E-state index in [-0.39, 0.29) is 0 Å². The quantitative estimate of drug-likeness (QED) is 0.867. The van der Waals surface area contributed by atoms with Crippen molar-refractivity contribution in [3.05, 3.63) is 60.2 Å². The SMILES string of the molecule is c1ccc(CONC2=Nc3ccccc3SCC2)cc1. The number of hydrogen-bond donors (Lipinski definition) is 1. The Balaban J connectivity index is 1.62. The number of para-hydroxylation sites is 1. The summed E-state index contributed by atoms with van der Waals surface area (Å²) in [6.45, 7) is 0.536. The second kappa shape index (κ2) is 6.59. The van der Waals surface area contributed by atoms with Gasteiger partial charge in [0.05, 0.1) is 12.3 Å². The fourth-order valence-electron chi connectivity index (χ4n) is 1.98. The average Bonchev–Trinajstić information content (AvgIpc) is 2.70. The Morgan fingerprint density at radius 3 is 2.75 bits per heavy atom. The van der Waals surface area contributed by atoms with Crippen LogP contribution in [0.5, 0.6) is 0 Å². The van der Waals surface area contributed by atoms with Gasteiger partial charge in [-0.15, -0.1) is 11.8 Å². The fraction of sp³-hybridized carbons (Fsp3) is 0.188. The van der Waals surface area contributed by atoms with E-state index < -0.39 is 0 Å². The van der Waals surface area contributed by atoms with Crippen LogP contribution in [0.15, 0.2) is 64.5 Å². The molecule has 0 unspecified atom stereocenters. The topological polar surface area (TPSA) is 33.6 Å². The molecule has 3 rings (SSSR count). The van der Waals surface area contributed by atoms with E-state index in [2.05, 4.69) is 16.5 Å². The molecule has 2 aromatic rings. The molecule has 0 fully saturated rings. The maximum atomic E-state index is 5.54. The minimum Gasteiger partial charge on any atom is -0.270 e. The highest BCUT2D eigenvalue weighted by atomic mass is 32.2. The van der Waals surface area contributed by atoms with Crippen molar-refractivity contribution < 1.29 is 4.84 Å². The molecule has 0 bridgehead atoms. The monoisotopic (exact) mass is 284 g/mol. The first-order chi connectivity index (χ1) is 9.92. The Kier molecular flexibility index (Phi) is 4.35. The second-order valence-corrected chi connectivity index (χ2v) is 5.64. The van der Waals surface area contributed by atoms with Crippen LogP contribution in [0.4, 0.5) is 5.69 Å². The summed E-state index contributed by atoms with van der Waals surface area (Å²) < 4.78 is 0. The number of nitrogens with zero attached hydrogens (tertiary/aromatic N) is 1. The van der Waals surface area contributed by atoms with Crippen LogP contribution in [0.1, 0.15) is 12.0 Å². The van der Waals surface area contributed by atoms with Gasteiger partial charge in [0.2, 0.25) is 0 Å². The Morgan fingerprint density at radius 2 is 1.85 bits per heavy atom. The molecule has 4 heteroatoms. The van der Waals surface area contributed by atoms with Gasteiger partial charge in [-0.2, -0.15) is 0 Å². The van der Waals surface area contributed by atoms with Gasteiger partial charge in [0.1, 0.15) is 5.84 Å². The van der Waals surface area contributed by atoms with E-state index in [1.165, 1.54) is 4.90 Å². The van der Waals surface area contributed by atoms with Crippen molar-refractivity contribution in [1.29, 1.82) is 0 Å². The molecular formula is C16H16N2OS. The molecule has 0 saturated carbocycles. The molecule has 0 aliphatic carbocycles. The number of aliphatic imine (C=N–C) groups is 1. The van der Waals surface area contributed by atoms with Crippen LogP contribution in [-0.4, -0.2) is 11.6 Å². The van der Waals surface area contributed by atoms with Crippen molar-refractivity contribution in [1.82, 2.24) is 5.48 Å². The first kappa shape index (κ1) is 13.2. The van der Waals surface area contributed by atoms with Crippen molar-refractivity contribution in [2.45, 2.75) is 17.9 Å². The third-order valence-electron chi connectivity index (χ3n) is 2.99. The Morgan fingerprint density at radius 1 is 1.05 bits per heavy atom. The Hall–Kier alpha value is -1.78. The molecule has 0 atom stereocenters. The van der Waals surface area contributed by atoms with Crippen LogP contribution in [0.2, 0.25) is 0 Å². The number of benzene rings is 2. The van der Waals surface area contributed by atoms with Crippen LogP contribution in [0, 0.1) is 0 Å². The van der Waals surface area contributed by atoms with E-state index >= 15 is 0 Å². The lowest BCUT2D eigenvalue weighted by atomic mass is 10.2. The molecule has 0 saturated heterocycles. The van der Waals surface area contributed by atoms with Gasteiger partial charge in [0.25, 0.3) is 0 Å². The highest BCUT2D eigenvalue weighted by Gasteiger charge is 2.09. The van der Waals surface area contributed by atoms with E-state index in [0.717, 1.165) is 29.3 Å². The first-order valence-electron chi connectivity index (χ1n) is 6.63. The smallest absolute Gasteiger partial charge is 0.127 e. The zero-order chi connectivity index (χ0) is 13.6. The van der Waals surface area contributed by atoms with Crippen LogP contribution >= 0.6 is 11.8 Å². The van der Waals surface area contributed by atoms with Crippen LogP contribution in [-0.2, 0) is 11.4 Å². The van der Waals surface area contributed by atoms with Gasteiger partial charge in [-0.1, -0.05) is 42.5 Å². The zero-order valence-corrected chi connectivity index (χ0v) is 11.9. The summed E-state index contributed by atoms with van der Waals surface area (Å²) >= 11 is 1.83. The number of hydrogen-bond acceptors (Lipinski definition) is 4. The van der Waals surface area contributed by atoms with Gasteiger partial charge in [0.15, 0.2) is 0 Å². The van der Waals surface area contributed by atoms with Crippen LogP contribution < -0.4 is 5.48 Å². The summed E-state index contributed by atoms with van der Waals surface area (Å²) in [6, 6.07) is 18.3. The minimum absolute atomic E-state index is 0.536. The summed E-state index contributed by atoms with van der Waals surface area (Å²) in [6.07, 6.45) is 0.883. The molecule has 0 amide bonds. The third kappa shape index (κ3) is 3.40. The second-order valence-electron chi connectivity index (χ2n) is 4.50. The van der Waals surface area contributed by atoms with Crippen molar-refractivity contribution in [3.8, 4) is 0 Å². The molecule has 1 aliphatic rings. The fourth-order valence-corrected chi connectivity index (χ4v) is 2.93. The van der Waals surface area contributed by atoms with Gasteiger partial charge in [0, 0.05) is 17.1 Å². The zero-order valence-electron chi connectivity index (χ0n) is 11.1. The molecule has 0 spiro atoms. The van der Waals surface area contributed by atoms with Gasteiger partial charge in [-0.05, 0) is 17.7 Å². The molecule has 3 nitrogen and oxygen atoms in total. The summed E-state index contributed by atoms with van der Waals surface area (Å²) in [7, 11) is 0. The van der Waals surface area contributed by atoms with E-state index in [4.69, 9.17) is 4.84 Å². The van der Waals surface area contributed by atoms with Crippen molar-refractivity contribution in [2.24, 2.45) is 4.99 Å². The van der Waals surface area contributed by atoms with Gasteiger partial charge >= 0.3 is 0 Å². The van der Waals surface area contributed by atoms with Gasteiger partial charge < -0.3 is 0 Å². The van der Waals surface area contributed by atoms with Gasteiger partial charge in [-0.25, -0.2) is 4.99 Å². The summed E-state index contributed by atoms with van der Waals surface area (Å²) in [5.41, 5.74) is 5.14. The lowest BCUT2D eigenvalue weighted by Gasteiger charge is -2.08. The van der Waals surface area contributed by atoms with Crippen molar-refractivity contribution in [3.63, 3.8) is 0 Å². The largest absolute Gasteiger partial charge is 0.270 e. The lowest BCUT2D eigenvalue weighted by Crippen LogP contribution is -2.23. The van der Waals surface area contributed by atoms with E-state index in [1.807, 2.05) is 60.3 Å². The molecule has 1 aliphatic heterocycles. The normalized spacial score (nSPS) is 14.1. The maximum absolute atomic E-state index is 5.54. The molecule has 0 radical (unpaired) electrons. The van der Waals surface area contributed by atoms with Gasteiger partial charge in [-0.3, -0.25) is 10.3 Å². The number of amidine groups is 1. The van der Waals surface area contributed by atoms with Crippen LogP contribution in [0.3, 0.4) is 0 Å². The third-order valence-corrected chi connectivity index (χ3v) is 4.05. The molecule has 1 N–H and O–H groups in total. The minimum atomic E-state index is 0.536. The van der Waals surface area contributed by atoms with Crippen molar-refractivity contribution >= 4 is 23.3 Å². The Labute approximate surface area is 123 Å². The van der Waals surface area contributed by atoms with E-state index in [1.54, 1.807) is 0 Å².